The van der Waals surface area contributed by atoms with Crippen molar-refractivity contribution in [3.63, 3.8) is 0 Å². The Labute approximate surface area is 152 Å². The van der Waals surface area contributed by atoms with Crippen molar-refractivity contribution in [3.8, 4) is 11.4 Å². The Balaban J connectivity index is 1.67. The second-order valence-electron chi connectivity index (χ2n) is 6.40. The molecule has 0 saturated heterocycles. The highest BCUT2D eigenvalue weighted by Crippen LogP contribution is 2.32. The van der Waals surface area contributed by atoms with Gasteiger partial charge in [-0.3, -0.25) is 0 Å². The van der Waals surface area contributed by atoms with E-state index >= 15 is 0 Å². The minimum absolute atomic E-state index is 0.0528. The Hall–Kier alpha value is -3.21. The fourth-order valence-electron chi connectivity index (χ4n) is 3.46. The number of methoxy groups -OCH3 is 1. The van der Waals surface area contributed by atoms with Crippen molar-refractivity contribution in [2.45, 2.75) is 19.5 Å². The molecule has 1 aromatic heterocycles. The summed E-state index contributed by atoms with van der Waals surface area (Å²) < 4.78 is 7.40. The zero-order valence-corrected chi connectivity index (χ0v) is 14.8. The first-order valence-electron chi connectivity index (χ1n) is 8.64. The predicted molar refractivity (Wildman–Crippen MR) is 102 cm³/mol. The molecule has 132 valence electrons. The van der Waals surface area contributed by atoms with Crippen molar-refractivity contribution < 1.29 is 9.53 Å². The van der Waals surface area contributed by atoms with Gasteiger partial charge in [0.05, 0.1) is 25.4 Å². The number of carbonyl (C=O) groups is 1. The molecule has 0 saturated carbocycles. The van der Waals surface area contributed by atoms with Gasteiger partial charge in [0.2, 0.25) is 0 Å². The third-order valence-corrected chi connectivity index (χ3v) is 4.85. The second-order valence-corrected chi connectivity index (χ2v) is 6.40. The molecular formula is C21H21N3O2. The maximum absolute atomic E-state index is 13.0. The SMILES string of the molecule is COc1cccc(NC(=O)N2Cc3ccccc3-n3cccc3[C@@H]2C)c1. The number of benzene rings is 2. The summed E-state index contributed by atoms with van der Waals surface area (Å²) in [5.41, 5.74) is 4.05. The van der Waals surface area contributed by atoms with Gasteiger partial charge in [0, 0.05) is 23.6 Å². The van der Waals surface area contributed by atoms with Crippen LogP contribution in [0.2, 0.25) is 0 Å². The van der Waals surface area contributed by atoms with Crippen molar-refractivity contribution in [2.75, 3.05) is 12.4 Å². The first-order chi connectivity index (χ1) is 12.7. The lowest BCUT2D eigenvalue weighted by Crippen LogP contribution is -2.36. The van der Waals surface area contributed by atoms with E-state index in [1.54, 1.807) is 7.11 Å². The molecule has 26 heavy (non-hydrogen) atoms. The number of nitrogens with one attached hydrogen (secondary N) is 1. The van der Waals surface area contributed by atoms with Crippen LogP contribution >= 0.6 is 0 Å². The van der Waals surface area contributed by atoms with Crippen molar-refractivity contribution in [3.05, 3.63) is 78.1 Å². The summed E-state index contributed by atoms with van der Waals surface area (Å²) in [6.45, 7) is 2.61. The average molecular weight is 347 g/mol. The summed E-state index contributed by atoms with van der Waals surface area (Å²) in [6, 6.07) is 19.5. The number of aromatic nitrogens is 1. The van der Waals surface area contributed by atoms with E-state index < -0.39 is 0 Å². The summed E-state index contributed by atoms with van der Waals surface area (Å²) in [7, 11) is 1.61. The second kappa shape index (κ2) is 6.59. The summed E-state index contributed by atoms with van der Waals surface area (Å²) in [5, 5.41) is 3.00. The van der Waals surface area contributed by atoms with Crippen LogP contribution in [0, 0.1) is 0 Å². The third kappa shape index (κ3) is 2.81. The third-order valence-electron chi connectivity index (χ3n) is 4.85. The number of nitrogens with zero attached hydrogens (tertiary/aromatic N) is 2. The van der Waals surface area contributed by atoms with Gasteiger partial charge in [-0.2, -0.15) is 0 Å². The molecular weight excluding hydrogens is 326 g/mol. The zero-order valence-electron chi connectivity index (χ0n) is 14.8. The number of fused-ring (bicyclic) bond motifs is 3. The van der Waals surface area contributed by atoms with Gasteiger partial charge in [0.1, 0.15) is 5.75 Å². The van der Waals surface area contributed by atoms with Crippen LogP contribution < -0.4 is 10.1 Å². The summed E-state index contributed by atoms with van der Waals surface area (Å²) in [5.74, 6) is 0.714. The number of para-hydroxylation sites is 1. The lowest BCUT2D eigenvalue weighted by Gasteiger charge is -2.27. The standard InChI is InChI=1S/C21H21N3O2/c1-15-19-11-6-12-23(19)20-10-4-3-7-16(20)14-24(15)21(25)22-17-8-5-9-18(13-17)26-2/h3-13,15H,14H2,1-2H3,(H,22,25)/t15-/m0/s1. The van der Waals surface area contributed by atoms with Crippen LogP contribution in [0.3, 0.4) is 0 Å². The number of anilines is 1. The van der Waals surface area contributed by atoms with E-state index in [0.717, 1.165) is 22.6 Å². The molecule has 2 amide bonds. The molecule has 0 unspecified atom stereocenters. The highest BCUT2D eigenvalue weighted by atomic mass is 16.5. The van der Waals surface area contributed by atoms with Gasteiger partial charge in [-0.25, -0.2) is 4.79 Å². The van der Waals surface area contributed by atoms with Crippen molar-refractivity contribution >= 4 is 11.7 Å². The Morgan fingerprint density at radius 3 is 2.81 bits per heavy atom. The number of hydrogen-bond donors (Lipinski definition) is 1. The van der Waals surface area contributed by atoms with E-state index in [4.69, 9.17) is 4.74 Å². The van der Waals surface area contributed by atoms with E-state index in [1.165, 1.54) is 0 Å². The van der Waals surface area contributed by atoms with E-state index in [2.05, 4.69) is 35.0 Å². The zero-order chi connectivity index (χ0) is 18.1. The molecule has 0 bridgehead atoms. The van der Waals surface area contributed by atoms with E-state index in [9.17, 15) is 4.79 Å². The Morgan fingerprint density at radius 1 is 1.12 bits per heavy atom. The Bertz CT molecular complexity index is 948. The molecule has 2 aromatic carbocycles. The molecule has 1 aliphatic rings. The quantitative estimate of drug-likeness (QED) is 0.737. The molecule has 0 radical (unpaired) electrons. The smallest absolute Gasteiger partial charge is 0.322 e. The van der Waals surface area contributed by atoms with Gasteiger partial charge in [-0.15, -0.1) is 0 Å². The Kier molecular flexibility index (Phi) is 4.13. The van der Waals surface area contributed by atoms with Gasteiger partial charge < -0.3 is 19.5 Å². The van der Waals surface area contributed by atoms with E-state index in [0.29, 0.717) is 12.3 Å². The lowest BCUT2D eigenvalue weighted by atomic mass is 10.1. The summed E-state index contributed by atoms with van der Waals surface area (Å²) in [6.07, 6.45) is 2.05. The van der Waals surface area contributed by atoms with Gasteiger partial charge in [-0.1, -0.05) is 24.3 Å². The monoisotopic (exact) mass is 347 g/mol. The molecule has 1 atom stereocenters. The fourth-order valence-corrected chi connectivity index (χ4v) is 3.46. The molecule has 0 spiro atoms. The number of rotatable bonds is 2. The van der Waals surface area contributed by atoms with Crippen LogP contribution in [-0.4, -0.2) is 22.6 Å². The fraction of sp³-hybridized carbons (Fsp3) is 0.190. The summed E-state index contributed by atoms with van der Waals surface area (Å²) >= 11 is 0. The Morgan fingerprint density at radius 2 is 1.96 bits per heavy atom. The molecule has 3 aromatic rings. The van der Waals surface area contributed by atoms with Crippen LogP contribution in [0.25, 0.3) is 5.69 Å². The molecule has 1 N–H and O–H groups in total. The maximum atomic E-state index is 13.0. The van der Waals surface area contributed by atoms with Crippen LogP contribution in [0.4, 0.5) is 10.5 Å². The minimum atomic E-state index is -0.129. The highest BCUT2D eigenvalue weighted by Gasteiger charge is 2.28. The predicted octanol–water partition coefficient (Wildman–Crippen LogP) is 4.59. The molecule has 5 heteroatoms. The van der Waals surface area contributed by atoms with Crippen LogP contribution in [-0.2, 0) is 6.54 Å². The average Bonchev–Trinajstić information content (AvgIpc) is 3.11. The van der Waals surface area contributed by atoms with E-state index in [-0.39, 0.29) is 12.1 Å². The summed E-state index contributed by atoms with van der Waals surface area (Å²) in [4.78, 5) is 14.9. The number of carbonyl (C=O) groups excluding carboxylic acids is 1. The normalized spacial score (nSPS) is 15.6. The van der Waals surface area contributed by atoms with Gasteiger partial charge in [-0.05, 0) is 42.8 Å². The molecule has 0 aliphatic carbocycles. The first-order valence-corrected chi connectivity index (χ1v) is 8.64. The first kappa shape index (κ1) is 16.3. The molecule has 0 fully saturated rings. The topological polar surface area (TPSA) is 46.5 Å². The van der Waals surface area contributed by atoms with Crippen molar-refractivity contribution in [1.29, 1.82) is 0 Å². The van der Waals surface area contributed by atoms with Crippen molar-refractivity contribution in [2.24, 2.45) is 0 Å². The van der Waals surface area contributed by atoms with Gasteiger partial charge >= 0.3 is 6.03 Å². The molecule has 5 nitrogen and oxygen atoms in total. The van der Waals surface area contributed by atoms with Crippen LogP contribution in [0.5, 0.6) is 5.75 Å². The van der Waals surface area contributed by atoms with E-state index in [1.807, 2.05) is 53.6 Å². The largest absolute Gasteiger partial charge is 0.497 e. The molecule has 2 heterocycles. The maximum Gasteiger partial charge on any atom is 0.322 e. The minimum Gasteiger partial charge on any atom is -0.497 e. The molecule has 4 rings (SSSR count). The lowest BCUT2D eigenvalue weighted by molar-refractivity contribution is 0.189. The number of amides is 2. The van der Waals surface area contributed by atoms with Crippen LogP contribution in [0.15, 0.2) is 66.9 Å². The number of ether oxygens (including phenoxy) is 1. The molecule has 1 aliphatic heterocycles. The van der Waals surface area contributed by atoms with Gasteiger partial charge in [0.15, 0.2) is 0 Å². The van der Waals surface area contributed by atoms with Crippen molar-refractivity contribution in [1.82, 2.24) is 9.47 Å². The number of hydrogen-bond acceptors (Lipinski definition) is 2. The van der Waals surface area contributed by atoms with Gasteiger partial charge in [0.25, 0.3) is 0 Å². The highest BCUT2D eigenvalue weighted by molar-refractivity contribution is 5.90. The number of urea groups is 1. The van der Waals surface area contributed by atoms with Crippen LogP contribution in [0.1, 0.15) is 24.2 Å².